The zero-order chi connectivity index (χ0) is 12.3. The Hall–Kier alpha value is -2.44. The third-order valence-corrected chi connectivity index (χ3v) is 2.26. The molecule has 2 rings (SSSR count). The minimum Gasteiger partial charge on any atom is -0.388 e. The van der Waals surface area contributed by atoms with E-state index in [-0.39, 0.29) is 5.82 Å². The summed E-state index contributed by atoms with van der Waals surface area (Å²) < 4.78 is 1.62. The van der Waals surface area contributed by atoms with Crippen LogP contribution in [0, 0.1) is 10.1 Å². The third kappa shape index (κ3) is 2.57. The van der Waals surface area contributed by atoms with E-state index in [9.17, 15) is 10.1 Å². The van der Waals surface area contributed by atoms with Gasteiger partial charge in [-0.3, -0.25) is 4.98 Å². The summed E-state index contributed by atoms with van der Waals surface area (Å²) in [7, 11) is 1.82. The van der Waals surface area contributed by atoms with Crippen LogP contribution in [0.15, 0.2) is 30.9 Å². The first-order chi connectivity index (χ1) is 8.19. The van der Waals surface area contributed by atoms with Gasteiger partial charge < -0.3 is 20.0 Å². The van der Waals surface area contributed by atoms with Gasteiger partial charge in [-0.2, -0.15) is 0 Å². The van der Waals surface area contributed by atoms with E-state index in [0.717, 1.165) is 11.4 Å². The fourth-order valence-electron chi connectivity index (χ4n) is 1.44. The van der Waals surface area contributed by atoms with Crippen molar-refractivity contribution in [3.63, 3.8) is 0 Å². The number of nitro groups is 1. The summed E-state index contributed by atoms with van der Waals surface area (Å²) in [6.45, 7) is 0.455. The molecule has 0 amide bonds. The second kappa shape index (κ2) is 4.60. The molecule has 7 heteroatoms. The van der Waals surface area contributed by atoms with Crippen molar-refractivity contribution in [1.82, 2.24) is 14.5 Å². The molecule has 0 aliphatic carbocycles. The van der Waals surface area contributed by atoms with Gasteiger partial charge in [-0.1, -0.05) is 0 Å². The van der Waals surface area contributed by atoms with Crippen LogP contribution in [0.1, 0.15) is 5.69 Å². The summed E-state index contributed by atoms with van der Waals surface area (Å²) in [5.41, 5.74) is 1.76. The lowest BCUT2D eigenvalue weighted by Gasteiger charge is -2.03. The predicted octanol–water partition coefficient (Wildman–Crippen LogP) is 1.28. The quantitative estimate of drug-likeness (QED) is 0.635. The highest BCUT2D eigenvalue weighted by molar-refractivity contribution is 5.42. The van der Waals surface area contributed by atoms with Crippen molar-refractivity contribution in [2.75, 3.05) is 12.4 Å². The molecule has 0 atom stereocenters. The molecular weight excluding hydrogens is 222 g/mol. The second-order valence-electron chi connectivity index (χ2n) is 3.45. The van der Waals surface area contributed by atoms with Gasteiger partial charge in [0.25, 0.3) is 0 Å². The van der Waals surface area contributed by atoms with Crippen molar-refractivity contribution in [3.05, 3.63) is 46.7 Å². The van der Waals surface area contributed by atoms with Gasteiger partial charge in [0.05, 0.1) is 12.2 Å². The number of hydrogen-bond donors (Lipinski definition) is 1. The molecule has 0 radical (unpaired) electrons. The zero-order valence-electron chi connectivity index (χ0n) is 9.20. The fourth-order valence-corrected chi connectivity index (χ4v) is 1.44. The molecule has 2 aromatic rings. The van der Waals surface area contributed by atoms with Gasteiger partial charge in [-0.05, 0) is 22.0 Å². The molecule has 88 valence electrons. The van der Waals surface area contributed by atoms with Crippen molar-refractivity contribution in [1.29, 1.82) is 0 Å². The maximum atomic E-state index is 10.5. The van der Waals surface area contributed by atoms with Crippen molar-refractivity contribution >= 4 is 11.5 Å². The molecule has 0 saturated carbocycles. The molecule has 0 aliphatic heterocycles. The number of pyridine rings is 1. The summed E-state index contributed by atoms with van der Waals surface area (Å²) >= 11 is 0. The van der Waals surface area contributed by atoms with Crippen molar-refractivity contribution in [3.8, 4) is 0 Å². The molecule has 7 nitrogen and oxygen atoms in total. The van der Waals surface area contributed by atoms with E-state index in [4.69, 9.17) is 0 Å². The van der Waals surface area contributed by atoms with Gasteiger partial charge in [0.2, 0.25) is 6.33 Å². The topological polar surface area (TPSA) is 85.9 Å². The summed E-state index contributed by atoms with van der Waals surface area (Å²) in [4.78, 5) is 17.8. The Kier molecular flexibility index (Phi) is 2.99. The smallest absolute Gasteiger partial charge is 0.381 e. The molecule has 0 saturated heterocycles. The summed E-state index contributed by atoms with van der Waals surface area (Å²) in [6, 6.07) is 3.73. The van der Waals surface area contributed by atoms with Gasteiger partial charge in [-0.25, -0.2) is 0 Å². The minimum absolute atomic E-state index is 0.158. The number of nitrogens with zero attached hydrogens (tertiary/aromatic N) is 4. The third-order valence-electron chi connectivity index (χ3n) is 2.26. The standard InChI is InChI=1S/C10H11N5O2/c1-11-8-2-3-12-9(4-8)5-14-6-10(13-7-14)15(16)17/h2-4,6-7H,5H2,1H3,(H,11,12). The van der Waals surface area contributed by atoms with Gasteiger partial charge in [0, 0.05) is 18.9 Å². The van der Waals surface area contributed by atoms with E-state index in [0.29, 0.717) is 6.54 Å². The second-order valence-corrected chi connectivity index (χ2v) is 3.45. The van der Waals surface area contributed by atoms with E-state index in [1.165, 1.54) is 12.5 Å². The fraction of sp³-hybridized carbons (Fsp3) is 0.200. The van der Waals surface area contributed by atoms with Crippen LogP contribution < -0.4 is 5.32 Å². The molecule has 0 aliphatic rings. The van der Waals surface area contributed by atoms with Crippen LogP contribution in [0.3, 0.4) is 0 Å². The molecule has 0 spiro atoms. The Balaban J connectivity index is 2.16. The monoisotopic (exact) mass is 233 g/mol. The van der Waals surface area contributed by atoms with Crippen molar-refractivity contribution in [2.45, 2.75) is 6.54 Å². The highest BCUT2D eigenvalue weighted by Crippen LogP contribution is 2.10. The van der Waals surface area contributed by atoms with Crippen LogP contribution in [0.5, 0.6) is 0 Å². The lowest BCUT2D eigenvalue weighted by atomic mass is 10.3. The molecular formula is C10H11N5O2. The summed E-state index contributed by atoms with van der Waals surface area (Å²) in [6.07, 6.45) is 4.49. The number of aromatic nitrogens is 3. The number of imidazole rings is 1. The maximum absolute atomic E-state index is 10.5. The van der Waals surface area contributed by atoms with Gasteiger partial charge >= 0.3 is 5.82 Å². The van der Waals surface area contributed by atoms with Crippen molar-refractivity contribution in [2.24, 2.45) is 0 Å². The molecule has 2 heterocycles. The van der Waals surface area contributed by atoms with Crippen LogP contribution in [0.4, 0.5) is 11.5 Å². The Labute approximate surface area is 97.3 Å². The predicted molar refractivity (Wildman–Crippen MR) is 61.8 cm³/mol. The molecule has 0 aromatic carbocycles. The first kappa shape index (κ1) is 11.1. The lowest BCUT2D eigenvalue weighted by Crippen LogP contribution is -2.00. The average Bonchev–Trinajstić information content (AvgIpc) is 2.78. The molecule has 2 aromatic heterocycles. The van der Waals surface area contributed by atoms with Crippen LogP contribution in [-0.4, -0.2) is 26.5 Å². The highest BCUT2D eigenvalue weighted by Gasteiger charge is 2.10. The zero-order valence-corrected chi connectivity index (χ0v) is 9.20. The van der Waals surface area contributed by atoms with Crippen molar-refractivity contribution < 1.29 is 4.92 Å². The molecule has 1 N–H and O–H groups in total. The van der Waals surface area contributed by atoms with Crippen LogP contribution in [0.25, 0.3) is 0 Å². The highest BCUT2D eigenvalue weighted by atomic mass is 16.6. The Morgan fingerprint density at radius 1 is 1.53 bits per heavy atom. The van der Waals surface area contributed by atoms with E-state index in [1.807, 2.05) is 19.2 Å². The van der Waals surface area contributed by atoms with Crippen LogP contribution in [0.2, 0.25) is 0 Å². The van der Waals surface area contributed by atoms with Gasteiger partial charge in [0.1, 0.15) is 6.20 Å². The Morgan fingerprint density at radius 3 is 3.00 bits per heavy atom. The Bertz CT molecular complexity index is 537. The largest absolute Gasteiger partial charge is 0.388 e. The first-order valence-electron chi connectivity index (χ1n) is 4.98. The molecule has 17 heavy (non-hydrogen) atoms. The summed E-state index contributed by atoms with van der Waals surface area (Å²) in [5.74, 6) is -0.158. The minimum atomic E-state index is -0.520. The normalized spacial score (nSPS) is 10.2. The van der Waals surface area contributed by atoms with E-state index < -0.39 is 4.92 Å². The van der Waals surface area contributed by atoms with Crippen LogP contribution >= 0.6 is 0 Å². The SMILES string of the molecule is CNc1ccnc(Cn2cnc([N+](=O)[O-])c2)c1. The molecule has 0 fully saturated rings. The lowest BCUT2D eigenvalue weighted by molar-refractivity contribution is -0.389. The number of rotatable bonds is 4. The summed E-state index contributed by atoms with van der Waals surface area (Å²) in [5, 5.41) is 13.5. The average molecular weight is 233 g/mol. The number of hydrogen-bond acceptors (Lipinski definition) is 5. The first-order valence-corrected chi connectivity index (χ1v) is 4.98. The van der Waals surface area contributed by atoms with Crippen LogP contribution in [-0.2, 0) is 6.54 Å². The van der Waals surface area contributed by atoms with Gasteiger partial charge in [0.15, 0.2) is 0 Å². The number of nitrogens with one attached hydrogen (secondary N) is 1. The molecule has 0 unspecified atom stereocenters. The maximum Gasteiger partial charge on any atom is 0.381 e. The van der Waals surface area contributed by atoms with E-state index in [1.54, 1.807) is 10.8 Å². The van der Waals surface area contributed by atoms with Gasteiger partial charge in [-0.15, -0.1) is 0 Å². The van der Waals surface area contributed by atoms with E-state index in [2.05, 4.69) is 15.3 Å². The van der Waals surface area contributed by atoms with E-state index >= 15 is 0 Å². The molecule has 0 bridgehead atoms. The Morgan fingerprint density at radius 2 is 2.35 bits per heavy atom. The number of anilines is 1.